The maximum atomic E-state index is 13.3. The second-order valence-corrected chi connectivity index (χ2v) is 8.27. The molecule has 0 aliphatic carbocycles. The predicted molar refractivity (Wildman–Crippen MR) is 120 cm³/mol. The fraction of sp³-hybridized carbons (Fsp3) is 0.385. The van der Waals surface area contributed by atoms with Gasteiger partial charge in [0.05, 0.1) is 5.69 Å². The SMILES string of the molecule is Fc1cccc(CCCc2nccc(-c3cccc(CCC4CCNCC4)c3)n2)c1. The van der Waals surface area contributed by atoms with Gasteiger partial charge in [0, 0.05) is 18.2 Å². The zero-order chi connectivity index (χ0) is 20.6. The number of aryl methyl sites for hydroxylation is 3. The Balaban J connectivity index is 1.35. The van der Waals surface area contributed by atoms with Crippen LogP contribution in [0.3, 0.4) is 0 Å². The number of hydrogen-bond donors (Lipinski definition) is 1. The number of hydrogen-bond acceptors (Lipinski definition) is 3. The number of nitrogens with zero attached hydrogens (tertiary/aromatic N) is 2. The molecule has 2 aromatic carbocycles. The second kappa shape index (κ2) is 10.4. The second-order valence-electron chi connectivity index (χ2n) is 8.27. The van der Waals surface area contributed by atoms with Crippen LogP contribution < -0.4 is 5.32 Å². The summed E-state index contributed by atoms with van der Waals surface area (Å²) in [5.41, 5.74) is 4.55. The molecule has 1 N–H and O–H groups in total. The van der Waals surface area contributed by atoms with Gasteiger partial charge in [-0.1, -0.05) is 30.3 Å². The third-order valence-corrected chi connectivity index (χ3v) is 5.98. The van der Waals surface area contributed by atoms with Crippen LogP contribution in [-0.2, 0) is 19.3 Å². The van der Waals surface area contributed by atoms with Crippen LogP contribution in [0, 0.1) is 11.7 Å². The lowest BCUT2D eigenvalue weighted by Crippen LogP contribution is -2.27. The summed E-state index contributed by atoms with van der Waals surface area (Å²) in [6, 6.07) is 17.6. The molecule has 0 radical (unpaired) electrons. The lowest BCUT2D eigenvalue weighted by atomic mass is 9.91. The first-order valence-electron chi connectivity index (χ1n) is 11.1. The Bertz CT molecular complexity index is 950. The third kappa shape index (κ3) is 5.96. The lowest BCUT2D eigenvalue weighted by Gasteiger charge is -2.22. The number of aromatic nitrogens is 2. The van der Waals surface area contributed by atoms with Crippen molar-refractivity contribution in [1.82, 2.24) is 15.3 Å². The molecule has 4 rings (SSSR count). The smallest absolute Gasteiger partial charge is 0.128 e. The number of rotatable bonds is 8. The molecule has 3 aromatic rings. The van der Waals surface area contributed by atoms with Crippen molar-refractivity contribution in [1.29, 1.82) is 0 Å². The zero-order valence-electron chi connectivity index (χ0n) is 17.5. The van der Waals surface area contributed by atoms with E-state index in [2.05, 4.69) is 34.6 Å². The summed E-state index contributed by atoms with van der Waals surface area (Å²) in [6.45, 7) is 2.32. The zero-order valence-corrected chi connectivity index (χ0v) is 17.5. The minimum absolute atomic E-state index is 0.175. The Labute approximate surface area is 178 Å². The Morgan fingerprint density at radius 3 is 2.53 bits per heavy atom. The van der Waals surface area contributed by atoms with Crippen LogP contribution in [0.2, 0.25) is 0 Å². The number of piperidine rings is 1. The summed E-state index contributed by atoms with van der Waals surface area (Å²) < 4.78 is 13.3. The summed E-state index contributed by atoms with van der Waals surface area (Å²) >= 11 is 0. The molecule has 0 atom stereocenters. The van der Waals surface area contributed by atoms with Gasteiger partial charge in [-0.2, -0.15) is 0 Å². The molecule has 1 aliphatic heterocycles. The van der Waals surface area contributed by atoms with E-state index in [1.807, 2.05) is 18.3 Å². The Kier molecular flexibility index (Phi) is 7.20. The van der Waals surface area contributed by atoms with Crippen molar-refractivity contribution in [2.75, 3.05) is 13.1 Å². The number of halogens is 1. The third-order valence-electron chi connectivity index (χ3n) is 5.98. The Morgan fingerprint density at radius 1 is 0.900 bits per heavy atom. The van der Waals surface area contributed by atoms with Gasteiger partial charge in [-0.3, -0.25) is 0 Å². The normalized spacial score (nSPS) is 14.7. The van der Waals surface area contributed by atoms with Crippen LogP contribution in [0.5, 0.6) is 0 Å². The number of nitrogens with one attached hydrogen (secondary N) is 1. The van der Waals surface area contributed by atoms with Crippen molar-refractivity contribution in [2.24, 2.45) is 5.92 Å². The molecule has 30 heavy (non-hydrogen) atoms. The van der Waals surface area contributed by atoms with Crippen LogP contribution in [0.4, 0.5) is 4.39 Å². The van der Waals surface area contributed by atoms with Gasteiger partial charge in [0.25, 0.3) is 0 Å². The van der Waals surface area contributed by atoms with Gasteiger partial charge in [-0.15, -0.1) is 0 Å². The van der Waals surface area contributed by atoms with Gasteiger partial charge in [-0.25, -0.2) is 14.4 Å². The van der Waals surface area contributed by atoms with E-state index in [0.29, 0.717) is 0 Å². The molecule has 2 heterocycles. The maximum Gasteiger partial charge on any atom is 0.128 e. The highest BCUT2D eigenvalue weighted by atomic mass is 19.1. The maximum absolute atomic E-state index is 13.3. The molecule has 0 saturated carbocycles. The summed E-state index contributed by atoms with van der Waals surface area (Å²) in [5.74, 6) is 1.52. The van der Waals surface area contributed by atoms with Crippen molar-refractivity contribution in [2.45, 2.75) is 44.9 Å². The average molecular weight is 404 g/mol. The minimum atomic E-state index is -0.175. The van der Waals surface area contributed by atoms with E-state index in [9.17, 15) is 4.39 Å². The quantitative estimate of drug-likeness (QED) is 0.548. The van der Waals surface area contributed by atoms with E-state index in [4.69, 9.17) is 4.98 Å². The Morgan fingerprint density at radius 2 is 1.70 bits per heavy atom. The molecule has 1 aromatic heterocycles. The van der Waals surface area contributed by atoms with Gasteiger partial charge >= 0.3 is 0 Å². The first-order chi connectivity index (χ1) is 14.8. The highest BCUT2D eigenvalue weighted by molar-refractivity contribution is 5.59. The van der Waals surface area contributed by atoms with Crippen molar-refractivity contribution < 1.29 is 4.39 Å². The van der Waals surface area contributed by atoms with Gasteiger partial charge in [0.2, 0.25) is 0 Å². The van der Waals surface area contributed by atoms with E-state index in [1.165, 1.54) is 30.9 Å². The largest absolute Gasteiger partial charge is 0.317 e. The monoisotopic (exact) mass is 403 g/mol. The molecule has 0 spiro atoms. The van der Waals surface area contributed by atoms with Crippen LogP contribution in [-0.4, -0.2) is 23.1 Å². The van der Waals surface area contributed by atoms with E-state index in [0.717, 1.165) is 67.3 Å². The van der Waals surface area contributed by atoms with Crippen molar-refractivity contribution >= 4 is 0 Å². The van der Waals surface area contributed by atoms with E-state index >= 15 is 0 Å². The topological polar surface area (TPSA) is 37.8 Å². The van der Waals surface area contributed by atoms with Crippen molar-refractivity contribution in [3.8, 4) is 11.3 Å². The van der Waals surface area contributed by atoms with Crippen LogP contribution in [0.1, 0.15) is 42.6 Å². The number of benzene rings is 2. The molecule has 0 bridgehead atoms. The first kappa shape index (κ1) is 20.7. The van der Waals surface area contributed by atoms with Crippen LogP contribution in [0.15, 0.2) is 60.8 Å². The first-order valence-corrected chi connectivity index (χ1v) is 11.1. The highest BCUT2D eigenvalue weighted by Crippen LogP contribution is 2.22. The highest BCUT2D eigenvalue weighted by Gasteiger charge is 2.13. The average Bonchev–Trinajstić information content (AvgIpc) is 2.79. The fourth-order valence-corrected chi connectivity index (χ4v) is 4.25. The summed E-state index contributed by atoms with van der Waals surface area (Å²) in [6.07, 6.45) is 9.36. The van der Waals surface area contributed by atoms with Gasteiger partial charge in [0.15, 0.2) is 0 Å². The van der Waals surface area contributed by atoms with Crippen LogP contribution >= 0.6 is 0 Å². The van der Waals surface area contributed by atoms with E-state index in [1.54, 1.807) is 12.1 Å². The predicted octanol–water partition coefficient (Wildman–Crippen LogP) is 5.39. The molecule has 156 valence electrons. The minimum Gasteiger partial charge on any atom is -0.317 e. The molecular weight excluding hydrogens is 373 g/mol. The fourth-order valence-electron chi connectivity index (χ4n) is 4.25. The molecule has 1 fully saturated rings. The lowest BCUT2D eigenvalue weighted by molar-refractivity contribution is 0.354. The summed E-state index contributed by atoms with van der Waals surface area (Å²) in [4.78, 5) is 9.23. The molecular formula is C26H30FN3. The summed E-state index contributed by atoms with van der Waals surface area (Å²) in [7, 11) is 0. The molecule has 0 amide bonds. The van der Waals surface area contributed by atoms with Crippen LogP contribution in [0.25, 0.3) is 11.3 Å². The van der Waals surface area contributed by atoms with Crippen molar-refractivity contribution in [3.05, 3.63) is 83.6 Å². The van der Waals surface area contributed by atoms with Crippen molar-refractivity contribution in [3.63, 3.8) is 0 Å². The molecule has 3 nitrogen and oxygen atoms in total. The Hall–Kier alpha value is -2.59. The van der Waals surface area contributed by atoms with Gasteiger partial charge in [-0.05, 0) is 92.9 Å². The van der Waals surface area contributed by atoms with E-state index in [-0.39, 0.29) is 5.82 Å². The molecule has 1 saturated heterocycles. The standard InChI is InChI=1S/C26H30FN3/c27-24-8-2-5-21(19-24)6-3-9-26-29-17-14-25(30-26)23-7-1-4-22(18-23)11-10-20-12-15-28-16-13-20/h1-2,4-5,7-8,14,17-20,28H,3,6,9-13,15-16H2. The molecule has 0 unspecified atom stereocenters. The molecule has 4 heteroatoms. The van der Waals surface area contributed by atoms with E-state index < -0.39 is 0 Å². The van der Waals surface area contributed by atoms with Gasteiger partial charge < -0.3 is 5.32 Å². The summed E-state index contributed by atoms with van der Waals surface area (Å²) in [5, 5.41) is 3.44. The van der Waals surface area contributed by atoms with Gasteiger partial charge in [0.1, 0.15) is 11.6 Å². The molecule has 1 aliphatic rings.